The van der Waals surface area contributed by atoms with Gasteiger partial charge in [-0.3, -0.25) is 0 Å². The first-order valence-corrected chi connectivity index (χ1v) is 7.66. The van der Waals surface area contributed by atoms with Crippen LogP contribution in [0.15, 0.2) is 54.5 Å². The van der Waals surface area contributed by atoms with Gasteiger partial charge in [0.15, 0.2) is 11.6 Å². The number of esters is 2. The Morgan fingerprint density at radius 2 is 1.74 bits per heavy atom. The zero-order valence-electron chi connectivity index (χ0n) is 14.5. The normalized spacial score (nSPS) is 10.9. The first-order valence-electron chi connectivity index (χ1n) is 7.66. The predicted octanol–water partition coefficient (Wildman–Crippen LogP) is 3.36. The Hall–Kier alpha value is -3.42. The molecule has 0 unspecified atom stereocenters. The van der Waals surface area contributed by atoms with Gasteiger partial charge in [-0.15, -0.1) is 0 Å². The number of carbonyl (C=O) groups is 2. The van der Waals surface area contributed by atoms with Gasteiger partial charge in [-0.1, -0.05) is 30.3 Å². The van der Waals surface area contributed by atoms with Crippen molar-refractivity contribution in [3.8, 4) is 5.75 Å². The van der Waals surface area contributed by atoms with Crippen molar-refractivity contribution in [3.63, 3.8) is 0 Å². The fraction of sp³-hybridized carbons (Fsp3) is 0.158. The van der Waals surface area contributed by atoms with E-state index in [9.17, 15) is 18.4 Å². The van der Waals surface area contributed by atoms with Crippen LogP contribution in [-0.2, 0) is 25.6 Å². The van der Waals surface area contributed by atoms with Gasteiger partial charge in [-0.05, 0) is 17.7 Å². The topological polar surface area (TPSA) is 71.1 Å². The third-order valence-corrected chi connectivity index (χ3v) is 3.30. The molecule has 0 aliphatic carbocycles. The molecule has 0 aromatic heterocycles. The molecule has 0 aliphatic heterocycles. The maximum Gasteiger partial charge on any atom is 0.377 e. The highest BCUT2D eigenvalue weighted by Gasteiger charge is 2.25. The van der Waals surface area contributed by atoms with Gasteiger partial charge < -0.3 is 18.9 Å². The lowest BCUT2D eigenvalue weighted by Gasteiger charge is -2.13. The molecule has 0 N–H and O–H groups in total. The Balaban J connectivity index is 2.31. The molecule has 0 saturated heterocycles. The quantitative estimate of drug-likeness (QED) is 0.418. The fourth-order valence-electron chi connectivity index (χ4n) is 2.04. The van der Waals surface area contributed by atoms with Crippen molar-refractivity contribution in [2.45, 2.75) is 6.61 Å². The third-order valence-electron chi connectivity index (χ3n) is 3.30. The Kier molecular flexibility index (Phi) is 6.87. The van der Waals surface area contributed by atoms with Crippen LogP contribution in [0.2, 0.25) is 0 Å². The Morgan fingerprint density at radius 1 is 1.04 bits per heavy atom. The van der Waals surface area contributed by atoms with Gasteiger partial charge in [-0.2, -0.15) is 0 Å². The molecule has 2 aromatic rings. The minimum atomic E-state index is -1.47. The Labute approximate surface area is 153 Å². The summed E-state index contributed by atoms with van der Waals surface area (Å²) in [5.41, 5.74) is -0.142. The lowest BCUT2D eigenvalue weighted by atomic mass is 10.1. The fourth-order valence-corrected chi connectivity index (χ4v) is 2.04. The van der Waals surface area contributed by atoms with E-state index in [1.807, 2.05) is 0 Å². The molecule has 0 radical (unpaired) electrons. The average molecular weight is 378 g/mol. The molecule has 0 bridgehead atoms. The molecule has 0 fully saturated rings. The second-order valence-corrected chi connectivity index (χ2v) is 5.11. The van der Waals surface area contributed by atoms with Gasteiger partial charge in [0.2, 0.25) is 5.76 Å². The molecule has 0 aliphatic rings. The average Bonchev–Trinajstić information content (AvgIpc) is 2.68. The zero-order chi connectivity index (χ0) is 19.8. The van der Waals surface area contributed by atoms with E-state index < -0.39 is 40.6 Å². The van der Waals surface area contributed by atoms with E-state index in [0.717, 1.165) is 25.5 Å². The lowest BCUT2D eigenvalue weighted by Crippen LogP contribution is -2.15. The minimum Gasteiger partial charge on any atom is -0.500 e. The lowest BCUT2D eigenvalue weighted by molar-refractivity contribution is -0.138. The van der Waals surface area contributed by atoms with Crippen molar-refractivity contribution < 1.29 is 37.3 Å². The monoisotopic (exact) mass is 378 g/mol. The van der Waals surface area contributed by atoms with Crippen molar-refractivity contribution in [1.82, 2.24) is 0 Å². The van der Waals surface area contributed by atoms with Crippen molar-refractivity contribution in [2.24, 2.45) is 0 Å². The molecule has 0 heterocycles. The van der Waals surface area contributed by atoms with Gasteiger partial charge in [0, 0.05) is 0 Å². The van der Waals surface area contributed by atoms with Crippen LogP contribution in [0.4, 0.5) is 8.78 Å². The van der Waals surface area contributed by atoms with Crippen molar-refractivity contribution in [3.05, 3.63) is 77.2 Å². The van der Waals surface area contributed by atoms with E-state index in [-0.39, 0.29) is 6.61 Å². The first-order chi connectivity index (χ1) is 13.0. The number of rotatable bonds is 7. The molecule has 0 saturated carbocycles. The summed E-state index contributed by atoms with van der Waals surface area (Å²) in [6, 6.07) is 10.4. The van der Waals surface area contributed by atoms with Crippen LogP contribution in [0, 0.1) is 11.6 Å². The highest BCUT2D eigenvalue weighted by molar-refractivity contribution is 5.93. The third kappa shape index (κ3) is 5.04. The van der Waals surface area contributed by atoms with E-state index in [4.69, 9.17) is 9.47 Å². The summed E-state index contributed by atoms with van der Waals surface area (Å²) in [6.45, 7) is -0.160. The zero-order valence-corrected chi connectivity index (χ0v) is 14.5. The maximum absolute atomic E-state index is 14.2. The Morgan fingerprint density at radius 3 is 2.37 bits per heavy atom. The number of carbonyl (C=O) groups excluding carboxylic acids is 2. The molecule has 8 heteroatoms. The van der Waals surface area contributed by atoms with Crippen molar-refractivity contribution in [1.29, 1.82) is 0 Å². The smallest absolute Gasteiger partial charge is 0.377 e. The summed E-state index contributed by atoms with van der Waals surface area (Å²) < 4.78 is 47.3. The van der Waals surface area contributed by atoms with Crippen LogP contribution < -0.4 is 4.74 Å². The Bertz CT molecular complexity index is 849. The van der Waals surface area contributed by atoms with Gasteiger partial charge in [0.05, 0.1) is 14.2 Å². The SMILES string of the molecule is COC=C(Oc1ccc(F)c(F)c1C(=O)OCc1ccccc1)C(=O)OC. The van der Waals surface area contributed by atoms with Crippen LogP contribution >= 0.6 is 0 Å². The summed E-state index contributed by atoms with van der Waals surface area (Å²) in [4.78, 5) is 24.0. The van der Waals surface area contributed by atoms with E-state index >= 15 is 0 Å². The first kappa shape index (κ1) is 19.9. The second-order valence-electron chi connectivity index (χ2n) is 5.11. The maximum atomic E-state index is 14.2. The number of halogens is 2. The van der Waals surface area contributed by atoms with Gasteiger partial charge >= 0.3 is 11.9 Å². The number of ether oxygens (including phenoxy) is 4. The van der Waals surface area contributed by atoms with Crippen LogP contribution in [0.3, 0.4) is 0 Å². The predicted molar refractivity (Wildman–Crippen MR) is 89.7 cm³/mol. The van der Waals surface area contributed by atoms with Crippen LogP contribution in [-0.4, -0.2) is 26.2 Å². The van der Waals surface area contributed by atoms with Gasteiger partial charge in [-0.25, -0.2) is 18.4 Å². The molecule has 142 valence electrons. The summed E-state index contributed by atoms with van der Waals surface area (Å²) in [5, 5.41) is 0. The molecule has 0 spiro atoms. The molecular weight excluding hydrogens is 362 g/mol. The second kappa shape index (κ2) is 9.33. The van der Waals surface area contributed by atoms with Crippen LogP contribution in [0.25, 0.3) is 0 Å². The number of benzene rings is 2. The molecule has 0 atom stereocenters. The highest BCUT2D eigenvalue weighted by atomic mass is 19.2. The summed E-state index contributed by atoms with van der Waals surface area (Å²) in [7, 11) is 2.34. The standard InChI is InChI=1S/C19H16F2O6/c1-24-11-15(18(22)25-2)27-14-9-8-13(20)17(21)16(14)19(23)26-10-12-6-4-3-5-7-12/h3-9,11H,10H2,1-2H3. The van der Waals surface area contributed by atoms with E-state index in [0.29, 0.717) is 5.56 Å². The van der Waals surface area contributed by atoms with Crippen LogP contribution in [0.1, 0.15) is 15.9 Å². The molecular formula is C19H16F2O6. The van der Waals surface area contributed by atoms with Crippen LogP contribution in [0.5, 0.6) is 5.75 Å². The van der Waals surface area contributed by atoms with Crippen molar-refractivity contribution in [2.75, 3.05) is 14.2 Å². The van der Waals surface area contributed by atoms with E-state index in [2.05, 4.69) is 9.47 Å². The van der Waals surface area contributed by atoms with Gasteiger partial charge in [0.25, 0.3) is 0 Å². The molecule has 6 nitrogen and oxygen atoms in total. The number of methoxy groups -OCH3 is 2. The van der Waals surface area contributed by atoms with Crippen molar-refractivity contribution >= 4 is 11.9 Å². The number of hydrogen-bond acceptors (Lipinski definition) is 6. The highest BCUT2D eigenvalue weighted by Crippen LogP contribution is 2.27. The molecule has 2 aromatic carbocycles. The number of hydrogen-bond donors (Lipinski definition) is 0. The minimum absolute atomic E-state index is 0.160. The summed E-state index contributed by atoms with van der Waals surface area (Å²) in [6.07, 6.45) is 0.895. The molecule has 2 rings (SSSR count). The molecule has 27 heavy (non-hydrogen) atoms. The van der Waals surface area contributed by atoms with E-state index in [1.165, 1.54) is 7.11 Å². The largest absolute Gasteiger partial charge is 0.500 e. The van der Waals surface area contributed by atoms with E-state index in [1.54, 1.807) is 30.3 Å². The summed E-state index contributed by atoms with van der Waals surface area (Å²) >= 11 is 0. The molecule has 0 amide bonds. The van der Waals surface area contributed by atoms with Gasteiger partial charge in [0.1, 0.15) is 24.2 Å². The summed E-state index contributed by atoms with van der Waals surface area (Å²) in [5.74, 6) is -5.74.